The lowest BCUT2D eigenvalue weighted by atomic mass is 10.1. The van der Waals surface area contributed by atoms with Crippen LogP contribution in [0.25, 0.3) is 11.2 Å². The molecule has 4 aromatic rings. The van der Waals surface area contributed by atoms with Crippen molar-refractivity contribution in [1.29, 1.82) is 0 Å². The third kappa shape index (κ3) is 10.6. The third-order valence-electron chi connectivity index (χ3n) is 9.22. The van der Waals surface area contributed by atoms with E-state index in [0.717, 1.165) is 10.9 Å². The van der Waals surface area contributed by atoms with Gasteiger partial charge in [0.2, 0.25) is 5.91 Å². The van der Waals surface area contributed by atoms with Crippen LogP contribution in [-0.2, 0) is 52.9 Å². The number of rotatable bonds is 18. The highest BCUT2D eigenvalue weighted by Gasteiger charge is 2.50. The first-order valence-corrected chi connectivity index (χ1v) is 21.5. The highest BCUT2D eigenvalue weighted by molar-refractivity contribution is 7.47. The van der Waals surface area contributed by atoms with Crippen LogP contribution >= 0.6 is 27.0 Å². The average molecular weight is 887 g/mol. The summed E-state index contributed by atoms with van der Waals surface area (Å²) in [6.07, 6.45) is -5.28. The van der Waals surface area contributed by atoms with Gasteiger partial charge in [-0.05, 0) is 12.5 Å². The van der Waals surface area contributed by atoms with Crippen LogP contribution in [0.3, 0.4) is 0 Å². The number of carbonyl (C=O) groups is 2. The van der Waals surface area contributed by atoms with Crippen LogP contribution in [0.15, 0.2) is 53.3 Å². The molecule has 0 aliphatic carbocycles. The summed E-state index contributed by atoms with van der Waals surface area (Å²) in [7, 11) is -8.88. The number of likely N-dealkylation sites (N-methyl/N-ethyl adjacent to an activating group) is 1. The highest BCUT2D eigenvalue weighted by atomic mass is 32.1. The Morgan fingerprint density at radius 1 is 1.12 bits per heavy atom. The van der Waals surface area contributed by atoms with Crippen LogP contribution in [0.1, 0.15) is 37.4 Å². The monoisotopic (exact) mass is 886 g/mol. The molecule has 4 aromatic heterocycles. The molecule has 0 bridgehead atoms. The number of hydrogen-bond donors (Lipinski definition) is 6. The van der Waals surface area contributed by atoms with E-state index in [1.165, 1.54) is 46.4 Å². The van der Waals surface area contributed by atoms with Crippen molar-refractivity contribution in [3.63, 3.8) is 0 Å². The topological polar surface area (TPSA) is 351 Å². The Balaban J connectivity index is 1.24. The van der Waals surface area contributed by atoms with Gasteiger partial charge >= 0.3 is 27.3 Å². The Hall–Kier alpha value is -4.56. The molecule has 0 saturated carbocycles. The van der Waals surface area contributed by atoms with E-state index in [1.54, 1.807) is 17.0 Å². The number of anilines is 2. The van der Waals surface area contributed by atoms with Gasteiger partial charge in [-0.1, -0.05) is 6.08 Å². The molecule has 0 spiro atoms. The van der Waals surface area contributed by atoms with Crippen molar-refractivity contribution < 1.29 is 66.3 Å². The van der Waals surface area contributed by atoms with Crippen molar-refractivity contribution >= 4 is 61.7 Å². The van der Waals surface area contributed by atoms with Crippen molar-refractivity contribution in [3.8, 4) is 0 Å². The van der Waals surface area contributed by atoms with Gasteiger partial charge in [0.15, 0.2) is 23.8 Å². The summed E-state index contributed by atoms with van der Waals surface area (Å²) in [5.74, 6) is -1.49. The SMILES string of the molecule is C=CCCC(=O)N(C)[C@H](Cc1cscn1)C(=O)O[C@H]1[C@@H](O)[C@H](n2cnc3c(N)ncnc32)O[C@H]1COP(=O)(O)O[C@H]1C[C@@H](n2ccc(N)nc2=O)O[C@@H]1COP(=O)(O)O. The van der Waals surface area contributed by atoms with Gasteiger partial charge in [-0.2, -0.15) is 4.98 Å². The summed E-state index contributed by atoms with van der Waals surface area (Å²) >= 11 is 1.27. The second-order valence-electron chi connectivity index (χ2n) is 13.2. The van der Waals surface area contributed by atoms with Gasteiger partial charge in [0.05, 0.1) is 30.7 Å². The van der Waals surface area contributed by atoms with Crippen LogP contribution in [0.4, 0.5) is 11.6 Å². The first kappa shape index (κ1) is 44.0. The fourth-order valence-corrected chi connectivity index (χ4v) is 8.18. The fourth-order valence-electron chi connectivity index (χ4n) is 6.31. The number of aliphatic hydroxyl groups excluding tert-OH is 1. The molecule has 6 heterocycles. The second-order valence-corrected chi connectivity index (χ2v) is 16.5. The number of aromatic nitrogens is 7. The summed E-state index contributed by atoms with van der Waals surface area (Å²) in [6.45, 7) is 1.90. The number of ether oxygens (including phenoxy) is 3. The zero-order valence-corrected chi connectivity index (χ0v) is 33.5. The number of nitrogen functional groups attached to an aromatic ring is 2. The van der Waals surface area contributed by atoms with Gasteiger partial charge in [-0.25, -0.2) is 38.7 Å². The number of nitrogens with zero attached hydrogens (tertiary/aromatic N) is 8. The van der Waals surface area contributed by atoms with Gasteiger partial charge in [0, 0.05) is 37.9 Å². The van der Waals surface area contributed by atoms with Crippen LogP contribution in [0.5, 0.6) is 0 Å². The molecule has 1 amide bonds. The van der Waals surface area contributed by atoms with Crippen LogP contribution in [-0.4, -0.2) is 127 Å². The van der Waals surface area contributed by atoms with Crippen LogP contribution < -0.4 is 17.2 Å². The zero-order chi connectivity index (χ0) is 42.6. The maximum absolute atomic E-state index is 14.0. The molecule has 28 heteroatoms. The van der Waals surface area contributed by atoms with Gasteiger partial charge in [0.1, 0.15) is 54.3 Å². The van der Waals surface area contributed by atoms with Crippen molar-refractivity contribution in [2.75, 3.05) is 31.7 Å². The number of fused-ring (bicyclic) bond motifs is 1. The van der Waals surface area contributed by atoms with E-state index in [0.29, 0.717) is 12.1 Å². The van der Waals surface area contributed by atoms with E-state index < -0.39 is 95.4 Å². The van der Waals surface area contributed by atoms with Gasteiger partial charge in [-0.3, -0.25) is 27.5 Å². The molecule has 2 fully saturated rings. The second kappa shape index (κ2) is 18.4. The van der Waals surface area contributed by atoms with E-state index in [9.17, 15) is 43.3 Å². The van der Waals surface area contributed by atoms with E-state index >= 15 is 0 Å². The number of esters is 1. The number of allylic oxidation sites excluding steroid dienone is 1. The summed E-state index contributed by atoms with van der Waals surface area (Å²) < 4.78 is 60.2. The lowest BCUT2D eigenvalue weighted by Crippen LogP contribution is -2.48. The minimum atomic E-state index is -5.22. The Morgan fingerprint density at radius 2 is 1.88 bits per heavy atom. The maximum Gasteiger partial charge on any atom is 0.472 e. The summed E-state index contributed by atoms with van der Waals surface area (Å²) in [6, 6.07) is 0.0313. The van der Waals surface area contributed by atoms with E-state index in [1.807, 2.05) is 0 Å². The molecular weight excluding hydrogens is 846 g/mol. The van der Waals surface area contributed by atoms with E-state index in [-0.39, 0.29) is 42.1 Å². The molecule has 59 heavy (non-hydrogen) atoms. The molecule has 320 valence electrons. The average Bonchev–Trinajstić information content (AvgIpc) is 3.98. The first-order valence-electron chi connectivity index (χ1n) is 17.5. The summed E-state index contributed by atoms with van der Waals surface area (Å²) in [4.78, 5) is 90.4. The number of imidazole rings is 1. The molecule has 1 unspecified atom stereocenters. The highest BCUT2D eigenvalue weighted by Crippen LogP contribution is 2.50. The summed E-state index contributed by atoms with van der Waals surface area (Å²) in [5, 5.41) is 13.4. The quantitative estimate of drug-likeness (QED) is 0.0428. The number of hydrogen-bond acceptors (Lipinski definition) is 20. The molecule has 2 saturated heterocycles. The van der Waals surface area contributed by atoms with Crippen LogP contribution in [0, 0.1) is 0 Å². The van der Waals surface area contributed by atoms with E-state index in [2.05, 4.69) is 36.0 Å². The third-order valence-corrected chi connectivity index (χ3v) is 11.4. The molecular formula is C31H40N10O15P2S. The van der Waals surface area contributed by atoms with Crippen molar-refractivity contribution in [1.82, 2.24) is 39.0 Å². The van der Waals surface area contributed by atoms with Crippen LogP contribution in [0.2, 0.25) is 0 Å². The number of nitrogens with two attached hydrogens (primary N) is 2. The Bertz CT molecular complexity index is 2290. The minimum absolute atomic E-state index is 0.0108. The largest absolute Gasteiger partial charge is 0.472 e. The van der Waals surface area contributed by atoms with E-state index in [4.69, 9.17) is 34.7 Å². The zero-order valence-electron chi connectivity index (χ0n) is 30.9. The number of carbonyl (C=O) groups excluding carboxylic acids is 2. The summed E-state index contributed by atoms with van der Waals surface area (Å²) in [5.41, 5.74) is 12.9. The molecule has 9 atom stereocenters. The lowest BCUT2D eigenvalue weighted by Gasteiger charge is -2.29. The van der Waals surface area contributed by atoms with Gasteiger partial charge in [-0.15, -0.1) is 17.9 Å². The number of thiazole rings is 1. The lowest BCUT2D eigenvalue weighted by molar-refractivity contribution is -0.165. The van der Waals surface area contributed by atoms with Crippen molar-refractivity contribution in [2.45, 2.75) is 74.7 Å². The predicted molar refractivity (Wildman–Crippen MR) is 201 cm³/mol. The van der Waals surface area contributed by atoms with Gasteiger partial charge < -0.3 is 50.4 Å². The number of phosphoric ester groups is 2. The molecule has 2 aliphatic rings. The molecule has 0 aromatic carbocycles. The number of phosphoric acid groups is 2. The Labute approximate surface area is 337 Å². The standard InChI is InChI=1S/C31H40N10O15P2S/c1-3-4-5-22(42)39(2)17(8-16-12-59-15-37-16)30(44)55-26-20(54-29(25(26)43)41-14-36-24-27(33)34-13-35-28(24)41)11-52-58(49,50)56-18-9-23(40-7-6-21(32)38-31(40)45)53-19(18)10-51-57(46,47)48/h3,6-7,12-15,17-20,23,25-26,29,43H,1,4-5,8-11H2,2H3,(H,49,50)(H2,32,38,45)(H2,33,34,35)(H2,46,47,48)/t17-,18+,19-,20+,23+,25-,26-,29-/m1/s1. The fraction of sp³-hybridized carbons (Fsp3) is 0.484. The Morgan fingerprint density at radius 3 is 2.58 bits per heavy atom. The minimum Gasteiger partial charge on any atom is -0.455 e. The Kier molecular flexibility index (Phi) is 13.7. The predicted octanol–water partition coefficient (Wildman–Crippen LogP) is -0.191. The molecule has 2 aliphatic heterocycles. The molecule has 25 nitrogen and oxygen atoms in total. The normalized spacial score (nSPS) is 24.8. The number of amides is 1. The molecule has 6 rings (SSSR count). The van der Waals surface area contributed by atoms with Gasteiger partial charge in [0.25, 0.3) is 0 Å². The molecule has 8 N–H and O–H groups in total. The number of aliphatic hydroxyl groups is 1. The maximum atomic E-state index is 14.0. The first-order chi connectivity index (χ1) is 27.9. The molecule has 0 radical (unpaired) electrons. The van der Waals surface area contributed by atoms with Crippen molar-refractivity contribution in [3.05, 3.63) is 64.6 Å². The van der Waals surface area contributed by atoms with Crippen molar-refractivity contribution in [2.24, 2.45) is 0 Å². The smallest absolute Gasteiger partial charge is 0.455 e.